The monoisotopic (exact) mass is 355 g/mol. The van der Waals surface area contributed by atoms with Gasteiger partial charge in [-0.3, -0.25) is 0 Å². The van der Waals surface area contributed by atoms with Crippen LogP contribution in [0.3, 0.4) is 0 Å². The zero-order chi connectivity index (χ0) is 12.8. The van der Waals surface area contributed by atoms with Crippen molar-refractivity contribution in [2.45, 2.75) is 25.8 Å². The maximum absolute atomic E-state index is 4.22. The van der Waals surface area contributed by atoms with E-state index in [0.29, 0.717) is 6.04 Å². The molecule has 0 spiro atoms. The van der Waals surface area contributed by atoms with Crippen LogP contribution in [0.5, 0.6) is 0 Å². The Balaban J connectivity index is 1.71. The van der Waals surface area contributed by atoms with Gasteiger partial charge in [-0.1, -0.05) is 12.1 Å². The van der Waals surface area contributed by atoms with Gasteiger partial charge in [-0.2, -0.15) is 0 Å². The highest BCUT2D eigenvalue weighted by atomic mass is 127. The van der Waals surface area contributed by atoms with Crippen molar-refractivity contribution in [2.75, 3.05) is 6.54 Å². The van der Waals surface area contributed by atoms with E-state index in [4.69, 9.17) is 0 Å². The van der Waals surface area contributed by atoms with E-state index in [0.717, 1.165) is 25.2 Å². The Bertz CT molecular complexity index is 450. The van der Waals surface area contributed by atoms with Gasteiger partial charge in [0.1, 0.15) is 5.82 Å². The second-order valence-corrected chi connectivity index (χ2v) is 5.61. The van der Waals surface area contributed by atoms with E-state index in [1.54, 1.807) is 6.20 Å². The SMILES string of the molecule is CC(NCCCc1ncc[nH]1)c1ccc(I)cc1. The molecule has 0 saturated carbocycles. The quantitative estimate of drug-likeness (QED) is 0.617. The Morgan fingerprint density at radius 3 is 2.78 bits per heavy atom. The highest BCUT2D eigenvalue weighted by Gasteiger charge is 2.04. The summed E-state index contributed by atoms with van der Waals surface area (Å²) in [6, 6.07) is 9.07. The van der Waals surface area contributed by atoms with Crippen LogP contribution in [0.25, 0.3) is 0 Å². The third-order valence-electron chi connectivity index (χ3n) is 2.97. The topological polar surface area (TPSA) is 40.7 Å². The second-order valence-electron chi connectivity index (χ2n) is 4.37. The predicted molar refractivity (Wildman–Crippen MR) is 82.5 cm³/mol. The van der Waals surface area contributed by atoms with E-state index < -0.39 is 0 Å². The van der Waals surface area contributed by atoms with Crippen LogP contribution in [0.4, 0.5) is 0 Å². The number of imidazole rings is 1. The van der Waals surface area contributed by atoms with Crippen LogP contribution >= 0.6 is 22.6 Å². The molecular weight excluding hydrogens is 337 g/mol. The Morgan fingerprint density at radius 2 is 2.11 bits per heavy atom. The molecule has 3 nitrogen and oxygen atoms in total. The molecule has 1 aromatic heterocycles. The zero-order valence-electron chi connectivity index (χ0n) is 10.5. The standard InChI is InChI=1S/C14H18IN3/c1-11(12-4-6-13(15)7-5-12)16-8-2-3-14-17-9-10-18-14/h4-7,9-11,16H,2-3,8H2,1H3,(H,17,18). The van der Waals surface area contributed by atoms with E-state index in [1.165, 1.54) is 9.13 Å². The average molecular weight is 355 g/mol. The number of aromatic amines is 1. The minimum atomic E-state index is 0.401. The molecule has 0 saturated heterocycles. The minimum absolute atomic E-state index is 0.401. The zero-order valence-corrected chi connectivity index (χ0v) is 12.6. The van der Waals surface area contributed by atoms with Crippen molar-refractivity contribution < 1.29 is 0 Å². The summed E-state index contributed by atoms with van der Waals surface area (Å²) in [7, 11) is 0. The van der Waals surface area contributed by atoms with Gasteiger partial charge in [0, 0.05) is 28.4 Å². The van der Waals surface area contributed by atoms with Crippen molar-refractivity contribution in [3.05, 3.63) is 51.6 Å². The van der Waals surface area contributed by atoms with Crippen LogP contribution in [0.2, 0.25) is 0 Å². The first-order valence-electron chi connectivity index (χ1n) is 6.23. The highest BCUT2D eigenvalue weighted by Crippen LogP contribution is 2.14. The van der Waals surface area contributed by atoms with Gasteiger partial charge in [0.2, 0.25) is 0 Å². The molecular formula is C14H18IN3. The Morgan fingerprint density at radius 1 is 1.33 bits per heavy atom. The number of hydrogen-bond acceptors (Lipinski definition) is 2. The van der Waals surface area contributed by atoms with Crippen molar-refractivity contribution in [1.29, 1.82) is 0 Å². The number of halogens is 1. The molecule has 1 heterocycles. The lowest BCUT2D eigenvalue weighted by atomic mass is 10.1. The van der Waals surface area contributed by atoms with Gasteiger partial charge < -0.3 is 10.3 Å². The van der Waals surface area contributed by atoms with E-state index >= 15 is 0 Å². The molecule has 96 valence electrons. The highest BCUT2D eigenvalue weighted by molar-refractivity contribution is 14.1. The number of benzene rings is 1. The van der Waals surface area contributed by atoms with Crippen molar-refractivity contribution in [3.8, 4) is 0 Å². The van der Waals surface area contributed by atoms with E-state index in [9.17, 15) is 0 Å². The van der Waals surface area contributed by atoms with Gasteiger partial charge in [-0.25, -0.2) is 4.98 Å². The maximum atomic E-state index is 4.22. The molecule has 2 rings (SSSR count). The predicted octanol–water partition coefficient (Wildman–Crippen LogP) is 3.30. The molecule has 0 fully saturated rings. The fourth-order valence-electron chi connectivity index (χ4n) is 1.88. The molecule has 4 heteroatoms. The third kappa shape index (κ3) is 4.10. The first-order chi connectivity index (χ1) is 8.75. The molecule has 2 aromatic rings. The number of rotatable bonds is 6. The molecule has 2 N–H and O–H groups in total. The molecule has 0 bridgehead atoms. The number of aromatic nitrogens is 2. The minimum Gasteiger partial charge on any atom is -0.349 e. The number of hydrogen-bond donors (Lipinski definition) is 2. The number of aryl methyl sites for hydroxylation is 1. The Kier molecular flexibility index (Phi) is 5.19. The lowest BCUT2D eigenvalue weighted by Gasteiger charge is -2.14. The summed E-state index contributed by atoms with van der Waals surface area (Å²) in [5, 5.41) is 3.54. The van der Waals surface area contributed by atoms with Crippen LogP contribution < -0.4 is 5.32 Å². The van der Waals surface area contributed by atoms with Gasteiger partial charge in [-0.05, 0) is 60.2 Å². The number of nitrogens with zero attached hydrogens (tertiary/aromatic N) is 1. The molecule has 0 aliphatic carbocycles. The summed E-state index contributed by atoms with van der Waals surface area (Å²) in [5.74, 6) is 1.07. The summed E-state index contributed by atoms with van der Waals surface area (Å²) in [6.45, 7) is 3.21. The first kappa shape index (κ1) is 13.5. The van der Waals surface area contributed by atoms with Crippen molar-refractivity contribution in [2.24, 2.45) is 0 Å². The first-order valence-corrected chi connectivity index (χ1v) is 7.30. The molecule has 0 amide bonds. The van der Waals surface area contributed by atoms with Gasteiger partial charge in [0.25, 0.3) is 0 Å². The maximum Gasteiger partial charge on any atom is 0.106 e. The summed E-state index contributed by atoms with van der Waals surface area (Å²) in [5.41, 5.74) is 1.34. The lowest BCUT2D eigenvalue weighted by Crippen LogP contribution is -2.20. The van der Waals surface area contributed by atoms with Crippen molar-refractivity contribution in [3.63, 3.8) is 0 Å². The number of H-pyrrole nitrogens is 1. The normalized spacial score (nSPS) is 12.6. The van der Waals surface area contributed by atoms with Crippen LogP contribution in [0.1, 0.15) is 30.8 Å². The fraction of sp³-hybridized carbons (Fsp3) is 0.357. The van der Waals surface area contributed by atoms with Gasteiger partial charge >= 0.3 is 0 Å². The largest absolute Gasteiger partial charge is 0.349 e. The summed E-state index contributed by atoms with van der Waals surface area (Å²) >= 11 is 2.33. The van der Waals surface area contributed by atoms with Crippen LogP contribution in [-0.2, 0) is 6.42 Å². The van der Waals surface area contributed by atoms with Gasteiger partial charge in [0.15, 0.2) is 0 Å². The van der Waals surface area contributed by atoms with Gasteiger partial charge in [0.05, 0.1) is 0 Å². The van der Waals surface area contributed by atoms with Crippen LogP contribution in [0, 0.1) is 3.57 Å². The fourth-order valence-corrected chi connectivity index (χ4v) is 2.24. The molecule has 0 aliphatic heterocycles. The van der Waals surface area contributed by atoms with Crippen molar-refractivity contribution >= 4 is 22.6 Å². The van der Waals surface area contributed by atoms with E-state index in [1.807, 2.05) is 6.20 Å². The van der Waals surface area contributed by atoms with Crippen molar-refractivity contribution in [1.82, 2.24) is 15.3 Å². The van der Waals surface area contributed by atoms with E-state index in [-0.39, 0.29) is 0 Å². The third-order valence-corrected chi connectivity index (χ3v) is 3.68. The summed E-state index contributed by atoms with van der Waals surface area (Å²) in [4.78, 5) is 7.34. The Hall–Kier alpha value is -0.880. The van der Waals surface area contributed by atoms with Crippen LogP contribution in [0.15, 0.2) is 36.7 Å². The molecule has 1 unspecified atom stereocenters. The molecule has 0 radical (unpaired) electrons. The van der Waals surface area contributed by atoms with Gasteiger partial charge in [-0.15, -0.1) is 0 Å². The van der Waals surface area contributed by atoms with E-state index in [2.05, 4.69) is 69.1 Å². The Labute approximate surface area is 122 Å². The lowest BCUT2D eigenvalue weighted by molar-refractivity contribution is 0.555. The van der Waals surface area contributed by atoms with Crippen LogP contribution in [-0.4, -0.2) is 16.5 Å². The smallest absolute Gasteiger partial charge is 0.106 e. The molecule has 1 atom stereocenters. The second kappa shape index (κ2) is 6.89. The molecule has 1 aromatic carbocycles. The number of nitrogens with one attached hydrogen (secondary N) is 2. The molecule has 18 heavy (non-hydrogen) atoms. The summed E-state index contributed by atoms with van der Waals surface area (Å²) < 4.78 is 1.28. The molecule has 0 aliphatic rings. The average Bonchev–Trinajstić information content (AvgIpc) is 2.88. The summed E-state index contributed by atoms with van der Waals surface area (Å²) in [6.07, 6.45) is 5.77.